The van der Waals surface area contributed by atoms with Crippen LogP contribution in [0, 0.1) is 11.3 Å². The third-order valence-corrected chi connectivity index (χ3v) is 4.80. The Kier molecular flexibility index (Phi) is 5.53. The Bertz CT molecular complexity index is 929. The van der Waals surface area contributed by atoms with Crippen LogP contribution in [-0.2, 0) is 20.0 Å². The molecule has 0 aliphatic carbocycles. The quantitative estimate of drug-likeness (QED) is 0.591. The van der Waals surface area contributed by atoms with E-state index in [4.69, 9.17) is 28.5 Å². The summed E-state index contributed by atoms with van der Waals surface area (Å²) in [5.74, 6) is 1.55. The van der Waals surface area contributed by atoms with Gasteiger partial charge in [0, 0.05) is 17.1 Å². The van der Waals surface area contributed by atoms with Gasteiger partial charge >= 0.3 is 0 Å². The summed E-state index contributed by atoms with van der Waals surface area (Å²) in [5.41, 5.74) is 0.851. The Balaban J connectivity index is 1.70. The predicted octanol–water partition coefficient (Wildman–Crippen LogP) is 2.36. The zero-order chi connectivity index (χ0) is 17.8. The summed E-state index contributed by atoms with van der Waals surface area (Å²) in [4.78, 5) is 1.46. The van der Waals surface area contributed by atoms with Crippen molar-refractivity contribution in [2.75, 3.05) is 5.75 Å². The Hall–Kier alpha value is -2.15. The van der Waals surface area contributed by atoms with Crippen LogP contribution in [0.1, 0.15) is 17.2 Å². The first-order valence-corrected chi connectivity index (χ1v) is 8.89. The zero-order valence-corrected chi connectivity index (χ0v) is 15.4. The van der Waals surface area contributed by atoms with E-state index in [1.54, 1.807) is 12.1 Å². The lowest BCUT2D eigenvalue weighted by atomic mass is 10.2. The van der Waals surface area contributed by atoms with Gasteiger partial charge in [0.15, 0.2) is 11.0 Å². The van der Waals surface area contributed by atoms with Crippen molar-refractivity contribution in [3.8, 4) is 6.07 Å². The van der Waals surface area contributed by atoms with Crippen LogP contribution in [0.3, 0.4) is 0 Å². The van der Waals surface area contributed by atoms with Crippen molar-refractivity contribution in [1.82, 2.24) is 35.0 Å². The van der Waals surface area contributed by atoms with Crippen molar-refractivity contribution >= 4 is 35.0 Å². The monoisotopic (exact) mass is 394 g/mol. The number of hydrogen-bond donors (Lipinski definition) is 0. The first-order valence-electron chi connectivity index (χ1n) is 7.15. The van der Waals surface area contributed by atoms with E-state index in [2.05, 4.69) is 31.7 Å². The molecule has 2 aromatic heterocycles. The highest BCUT2D eigenvalue weighted by molar-refractivity contribution is 7.99. The topological polar surface area (TPSA) is 98.1 Å². The molecule has 0 atom stereocenters. The minimum absolute atomic E-state index is 0.322. The van der Waals surface area contributed by atoms with E-state index in [1.165, 1.54) is 16.6 Å². The number of aromatic nitrogens is 7. The molecule has 3 aromatic rings. The number of halogens is 2. The Labute approximate surface area is 157 Å². The highest BCUT2D eigenvalue weighted by atomic mass is 35.5. The third-order valence-electron chi connectivity index (χ3n) is 3.33. The summed E-state index contributed by atoms with van der Waals surface area (Å²) < 4.78 is 1.82. The normalized spacial score (nSPS) is 10.8. The standard InChI is InChI=1S/C14H12Cl2N8S/c1-23-13(19-20-14(23)25-5-4-17)7-12-18-22-24(21-12)8-9-2-3-10(15)6-11(9)16/h2-3,6H,5,7-8H2,1H3. The minimum Gasteiger partial charge on any atom is -0.309 e. The second kappa shape index (κ2) is 7.82. The maximum atomic E-state index is 8.64. The Morgan fingerprint density at radius 2 is 2.08 bits per heavy atom. The van der Waals surface area contributed by atoms with Gasteiger partial charge in [-0.25, -0.2) is 0 Å². The number of nitrogens with zero attached hydrogens (tertiary/aromatic N) is 8. The van der Waals surface area contributed by atoms with E-state index in [0.717, 1.165) is 5.56 Å². The fourth-order valence-corrected chi connectivity index (χ4v) is 3.14. The van der Waals surface area contributed by atoms with E-state index in [1.807, 2.05) is 17.7 Å². The van der Waals surface area contributed by atoms with Crippen LogP contribution in [0.2, 0.25) is 10.0 Å². The SMILES string of the molecule is Cn1c(Cc2nnn(Cc3ccc(Cl)cc3Cl)n2)nnc1SCC#N. The smallest absolute Gasteiger partial charge is 0.191 e. The number of benzene rings is 1. The van der Waals surface area contributed by atoms with Gasteiger partial charge in [-0.2, -0.15) is 10.1 Å². The van der Waals surface area contributed by atoms with Gasteiger partial charge in [-0.1, -0.05) is 41.0 Å². The number of rotatable bonds is 6. The van der Waals surface area contributed by atoms with Crippen LogP contribution in [0.15, 0.2) is 23.4 Å². The fraction of sp³-hybridized carbons (Fsp3) is 0.286. The molecule has 3 rings (SSSR count). The van der Waals surface area contributed by atoms with Crippen LogP contribution in [-0.4, -0.2) is 40.7 Å². The average molecular weight is 395 g/mol. The summed E-state index contributed by atoms with van der Waals surface area (Å²) in [6.45, 7) is 0.394. The maximum absolute atomic E-state index is 8.64. The lowest BCUT2D eigenvalue weighted by Crippen LogP contribution is -2.06. The number of nitriles is 1. The highest BCUT2D eigenvalue weighted by Gasteiger charge is 2.13. The van der Waals surface area contributed by atoms with Crippen molar-refractivity contribution in [3.63, 3.8) is 0 Å². The molecule has 0 spiro atoms. The zero-order valence-electron chi connectivity index (χ0n) is 13.1. The molecule has 0 bridgehead atoms. The molecule has 0 N–H and O–H groups in total. The largest absolute Gasteiger partial charge is 0.309 e. The van der Waals surface area contributed by atoms with Crippen LogP contribution in [0.25, 0.3) is 0 Å². The molecule has 2 heterocycles. The van der Waals surface area contributed by atoms with Gasteiger partial charge in [-0.3, -0.25) is 0 Å². The lowest BCUT2D eigenvalue weighted by molar-refractivity contribution is 0.570. The van der Waals surface area contributed by atoms with Crippen LogP contribution in [0.4, 0.5) is 0 Å². The average Bonchev–Trinajstić information content (AvgIpc) is 3.16. The summed E-state index contributed by atoms with van der Waals surface area (Å²) in [6, 6.07) is 7.33. The van der Waals surface area contributed by atoms with Crippen molar-refractivity contribution in [2.45, 2.75) is 18.1 Å². The molecule has 8 nitrogen and oxygen atoms in total. The molecule has 0 unspecified atom stereocenters. The summed E-state index contributed by atoms with van der Waals surface area (Å²) in [6.07, 6.45) is 0.394. The lowest BCUT2D eigenvalue weighted by Gasteiger charge is -2.03. The maximum Gasteiger partial charge on any atom is 0.191 e. The molecule has 0 fully saturated rings. The van der Waals surface area contributed by atoms with Crippen LogP contribution < -0.4 is 0 Å². The van der Waals surface area contributed by atoms with Gasteiger partial charge in [-0.05, 0) is 22.9 Å². The molecule has 128 valence electrons. The molecule has 0 radical (unpaired) electrons. The molecule has 0 amide bonds. The molecule has 0 saturated carbocycles. The fourth-order valence-electron chi connectivity index (χ4n) is 2.08. The Morgan fingerprint density at radius 3 is 2.84 bits per heavy atom. The molecule has 0 saturated heterocycles. The first kappa shape index (κ1) is 17.7. The van der Waals surface area contributed by atoms with Gasteiger partial charge in [0.25, 0.3) is 0 Å². The second-order valence-corrected chi connectivity index (χ2v) is 6.84. The van der Waals surface area contributed by atoms with Crippen molar-refractivity contribution in [2.24, 2.45) is 7.05 Å². The van der Waals surface area contributed by atoms with E-state index >= 15 is 0 Å². The van der Waals surface area contributed by atoms with Gasteiger partial charge in [-0.15, -0.1) is 20.4 Å². The second-order valence-electron chi connectivity index (χ2n) is 5.05. The summed E-state index contributed by atoms with van der Waals surface area (Å²) >= 11 is 13.4. The molecular weight excluding hydrogens is 383 g/mol. The molecule has 1 aromatic carbocycles. The first-order chi connectivity index (χ1) is 12.1. The van der Waals surface area contributed by atoms with Gasteiger partial charge in [0.2, 0.25) is 0 Å². The third kappa shape index (κ3) is 4.28. The van der Waals surface area contributed by atoms with E-state index in [0.29, 0.717) is 45.6 Å². The van der Waals surface area contributed by atoms with Gasteiger partial charge in [0.1, 0.15) is 5.82 Å². The number of thioether (sulfide) groups is 1. The molecule has 0 aliphatic heterocycles. The molecule has 0 aliphatic rings. The summed E-state index contributed by atoms with van der Waals surface area (Å²) in [5, 5.41) is 31.0. The number of tetrazole rings is 1. The number of hydrogen-bond acceptors (Lipinski definition) is 7. The van der Waals surface area contributed by atoms with Crippen molar-refractivity contribution in [1.29, 1.82) is 5.26 Å². The van der Waals surface area contributed by atoms with E-state index in [9.17, 15) is 0 Å². The summed E-state index contributed by atoms with van der Waals surface area (Å²) in [7, 11) is 1.84. The van der Waals surface area contributed by atoms with E-state index in [-0.39, 0.29) is 0 Å². The van der Waals surface area contributed by atoms with Crippen LogP contribution >= 0.6 is 35.0 Å². The van der Waals surface area contributed by atoms with Gasteiger partial charge < -0.3 is 4.57 Å². The molecule has 11 heteroatoms. The Morgan fingerprint density at radius 1 is 1.24 bits per heavy atom. The van der Waals surface area contributed by atoms with Crippen LogP contribution in [0.5, 0.6) is 0 Å². The van der Waals surface area contributed by atoms with Gasteiger partial charge in [0.05, 0.1) is 24.8 Å². The highest BCUT2D eigenvalue weighted by Crippen LogP contribution is 2.21. The van der Waals surface area contributed by atoms with E-state index < -0.39 is 0 Å². The van der Waals surface area contributed by atoms with Crippen molar-refractivity contribution in [3.05, 3.63) is 45.5 Å². The minimum atomic E-state index is 0.322. The van der Waals surface area contributed by atoms with Crippen molar-refractivity contribution < 1.29 is 0 Å². The predicted molar refractivity (Wildman–Crippen MR) is 93.5 cm³/mol. The molecular formula is C14H12Cl2N8S. The molecule has 25 heavy (non-hydrogen) atoms.